The van der Waals surface area contributed by atoms with Gasteiger partial charge in [-0.25, -0.2) is 0 Å². The highest BCUT2D eigenvalue weighted by Gasteiger charge is 2.26. The third kappa shape index (κ3) is 4.42. The zero-order chi connectivity index (χ0) is 15.2. The minimum absolute atomic E-state index is 0.00539. The smallest absolute Gasteiger partial charge is 0.238 e. The molecule has 2 rings (SSSR count). The van der Waals surface area contributed by atoms with E-state index in [4.69, 9.17) is 15.2 Å². The van der Waals surface area contributed by atoms with Gasteiger partial charge in [0.2, 0.25) is 5.91 Å². The maximum absolute atomic E-state index is 12.2. The number of hydrogen-bond acceptors (Lipinski definition) is 5. The van der Waals surface area contributed by atoms with E-state index in [-0.39, 0.29) is 18.1 Å². The maximum Gasteiger partial charge on any atom is 0.238 e. The third-order valence-corrected chi connectivity index (χ3v) is 3.60. The van der Waals surface area contributed by atoms with Gasteiger partial charge in [-0.2, -0.15) is 0 Å². The first kappa shape index (κ1) is 15.8. The highest BCUT2D eigenvalue weighted by Crippen LogP contribution is 2.17. The maximum atomic E-state index is 12.2. The molecule has 6 nitrogen and oxygen atoms in total. The summed E-state index contributed by atoms with van der Waals surface area (Å²) in [5.41, 5.74) is 6.36. The van der Waals surface area contributed by atoms with Crippen molar-refractivity contribution in [3.63, 3.8) is 0 Å². The number of nitrogens with two attached hydrogens (primary N) is 1. The predicted molar refractivity (Wildman–Crippen MR) is 81.5 cm³/mol. The summed E-state index contributed by atoms with van der Waals surface area (Å²) in [7, 11) is 1.60. The summed E-state index contributed by atoms with van der Waals surface area (Å²) in [6, 6.07) is 7.53. The van der Waals surface area contributed by atoms with Gasteiger partial charge < -0.3 is 20.5 Å². The number of morpholine rings is 1. The Kier molecular flexibility index (Phi) is 5.55. The van der Waals surface area contributed by atoms with Gasteiger partial charge in [-0.1, -0.05) is 6.07 Å². The highest BCUT2D eigenvalue weighted by molar-refractivity contribution is 5.92. The lowest BCUT2D eigenvalue weighted by molar-refractivity contribution is -0.121. The molecule has 0 aromatic heterocycles. The summed E-state index contributed by atoms with van der Waals surface area (Å²) in [6.45, 7) is 4.14. The van der Waals surface area contributed by atoms with Crippen LogP contribution in [0.4, 0.5) is 5.69 Å². The predicted octanol–water partition coefficient (Wildman–Crippen LogP) is 0.682. The molecule has 1 saturated heterocycles. The van der Waals surface area contributed by atoms with Crippen molar-refractivity contribution in [1.29, 1.82) is 0 Å². The molecule has 21 heavy (non-hydrogen) atoms. The molecule has 0 radical (unpaired) electrons. The van der Waals surface area contributed by atoms with Gasteiger partial charge in [0, 0.05) is 30.9 Å². The molecule has 0 aliphatic carbocycles. The average molecular weight is 293 g/mol. The number of nitrogens with one attached hydrogen (secondary N) is 1. The van der Waals surface area contributed by atoms with Crippen LogP contribution in [-0.2, 0) is 9.53 Å². The van der Waals surface area contributed by atoms with E-state index in [9.17, 15) is 4.79 Å². The van der Waals surface area contributed by atoms with Gasteiger partial charge in [-0.15, -0.1) is 0 Å². The van der Waals surface area contributed by atoms with Crippen LogP contribution in [0, 0.1) is 0 Å². The quantitative estimate of drug-likeness (QED) is 0.835. The van der Waals surface area contributed by atoms with Crippen LogP contribution in [0.25, 0.3) is 0 Å². The summed E-state index contributed by atoms with van der Waals surface area (Å²) in [6.07, 6.45) is 0.00539. The Hall–Kier alpha value is -1.63. The lowest BCUT2D eigenvalue weighted by Crippen LogP contribution is -2.52. The van der Waals surface area contributed by atoms with Gasteiger partial charge in [-0.3, -0.25) is 9.69 Å². The highest BCUT2D eigenvalue weighted by atomic mass is 16.5. The number of anilines is 1. The zero-order valence-electron chi connectivity index (χ0n) is 12.5. The molecule has 1 aliphatic heterocycles. The summed E-state index contributed by atoms with van der Waals surface area (Å²) in [5, 5.41) is 2.88. The minimum atomic E-state index is -0.0484. The Morgan fingerprint density at radius 3 is 3.10 bits per heavy atom. The van der Waals surface area contributed by atoms with Crippen molar-refractivity contribution >= 4 is 11.6 Å². The number of carbonyl (C=O) groups excluding carboxylic acids is 1. The van der Waals surface area contributed by atoms with E-state index in [1.54, 1.807) is 13.2 Å². The van der Waals surface area contributed by atoms with Crippen LogP contribution in [-0.4, -0.2) is 56.3 Å². The second-order valence-electron chi connectivity index (χ2n) is 5.25. The fourth-order valence-corrected chi connectivity index (χ4v) is 2.32. The Bertz CT molecular complexity index is 481. The van der Waals surface area contributed by atoms with E-state index in [1.165, 1.54) is 0 Å². The molecular weight excluding hydrogens is 270 g/mol. The van der Waals surface area contributed by atoms with Crippen molar-refractivity contribution in [2.45, 2.75) is 19.1 Å². The fourth-order valence-electron chi connectivity index (χ4n) is 2.32. The normalized spacial score (nSPS) is 22.8. The number of benzene rings is 1. The largest absolute Gasteiger partial charge is 0.497 e. The molecule has 1 aromatic carbocycles. The molecule has 1 amide bonds. The number of methoxy groups -OCH3 is 1. The van der Waals surface area contributed by atoms with Gasteiger partial charge in [-0.05, 0) is 19.1 Å². The molecule has 1 heterocycles. The van der Waals surface area contributed by atoms with Crippen LogP contribution in [0.15, 0.2) is 24.3 Å². The summed E-state index contributed by atoms with van der Waals surface area (Å²) >= 11 is 0. The molecule has 2 unspecified atom stereocenters. The molecule has 1 aliphatic rings. The number of hydrogen-bond donors (Lipinski definition) is 2. The van der Waals surface area contributed by atoms with Crippen molar-refractivity contribution in [2.24, 2.45) is 5.73 Å². The standard InChI is InChI=1S/C15H23N3O3/c1-11-10-21-14(7-16)8-18(11)9-15(19)17-12-4-3-5-13(6-12)20-2/h3-6,11,14H,7-10,16H2,1-2H3,(H,17,19). The van der Waals surface area contributed by atoms with E-state index in [1.807, 2.05) is 25.1 Å². The van der Waals surface area contributed by atoms with Crippen LogP contribution in [0.2, 0.25) is 0 Å². The Labute approximate surface area is 125 Å². The van der Waals surface area contributed by atoms with Gasteiger partial charge >= 0.3 is 0 Å². The van der Waals surface area contributed by atoms with Crippen molar-refractivity contribution in [2.75, 3.05) is 38.7 Å². The van der Waals surface area contributed by atoms with Crippen LogP contribution in [0.3, 0.4) is 0 Å². The molecule has 2 atom stereocenters. The van der Waals surface area contributed by atoms with Crippen molar-refractivity contribution in [3.05, 3.63) is 24.3 Å². The first-order valence-electron chi connectivity index (χ1n) is 7.12. The Morgan fingerprint density at radius 1 is 1.57 bits per heavy atom. The van der Waals surface area contributed by atoms with Crippen LogP contribution >= 0.6 is 0 Å². The molecule has 6 heteroatoms. The SMILES string of the molecule is COc1cccc(NC(=O)CN2CC(CN)OCC2C)c1. The third-order valence-electron chi connectivity index (χ3n) is 3.60. The van der Waals surface area contributed by atoms with Gasteiger partial charge in [0.25, 0.3) is 0 Å². The van der Waals surface area contributed by atoms with Crippen molar-refractivity contribution < 1.29 is 14.3 Å². The van der Waals surface area contributed by atoms with E-state index in [0.717, 1.165) is 11.4 Å². The van der Waals surface area contributed by atoms with Crippen molar-refractivity contribution in [1.82, 2.24) is 4.90 Å². The Balaban J connectivity index is 1.91. The molecule has 0 saturated carbocycles. The van der Waals surface area contributed by atoms with Gasteiger partial charge in [0.1, 0.15) is 5.75 Å². The molecule has 1 aromatic rings. The first-order valence-corrected chi connectivity index (χ1v) is 7.12. The van der Waals surface area contributed by atoms with E-state index in [0.29, 0.717) is 26.2 Å². The number of rotatable bonds is 5. The lowest BCUT2D eigenvalue weighted by Gasteiger charge is -2.37. The monoisotopic (exact) mass is 293 g/mol. The summed E-state index contributed by atoms with van der Waals surface area (Å²) < 4.78 is 10.7. The van der Waals surface area contributed by atoms with Crippen molar-refractivity contribution in [3.8, 4) is 5.75 Å². The number of carbonyl (C=O) groups is 1. The molecule has 3 N–H and O–H groups in total. The number of ether oxygens (including phenoxy) is 2. The average Bonchev–Trinajstić information content (AvgIpc) is 2.49. The molecular formula is C15H23N3O3. The topological polar surface area (TPSA) is 76.8 Å². The Morgan fingerprint density at radius 2 is 2.38 bits per heavy atom. The van der Waals surface area contributed by atoms with E-state index < -0.39 is 0 Å². The zero-order valence-corrected chi connectivity index (χ0v) is 12.5. The molecule has 0 bridgehead atoms. The van der Waals surface area contributed by atoms with E-state index >= 15 is 0 Å². The molecule has 0 spiro atoms. The second kappa shape index (κ2) is 7.40. The van der Waals surface area contributed by atoms with Crippen LogP contribution in [0.5, 0.6) is 5.75 Å². The van der Waals surface area contributed by atoms with Gasteiger partial charge in [0.05, 0.1) is 26.4 Å². The van der Waals surface area contributed by atoms with Crippen LogP contribution < -0.4 is 15.8 Å². The summed E-state index contributed by atoms with van der Waals surface area (Å²) in [5.74, 6) is 0.670. The number of nitrogens with zero attached hydrogens (tertiary/aromatic N) is 1. The molecule has 116 valence electrons. The lowest BCUT2D eigenvalue weighted by atomic mass is 10.2. The van der Waals surface area contributed by atoms with Gasteiger partial charge in [0.15, 0.2) is 0 Å². The minimum Gasteiger partial charge on any atom is -0.497 e. The van der Waals surface area contributed by atoms with E-state index in [2.05, 4.69) is 10.2 Å². The first-order chi connectivity index (χ1) is 10.1. The van der Waals surface area contributed by atoms with Crippen LogP contribution in [0.1, 0.15) is 6.92 Å². The summed E-state index contributed by atoms with van der Waals surface area (Å²) in [4.78, 5) is 14.2. The second-order valence-corrected chi connectivity index (χ2v) is 5.25. The fraction of sp³-hybridized carbons (Fsp3) is 0.533. The number of amides is 1. The molecule has 1 fully saturated rings.